The summed E-state index contributed by atoms with van der Waals surface area (Å²) >= 11 is 0. The number of likely N-dealkylation sites (tertiary alicyclic amines) is 1. The van der Waals surface area contributed by atoms with Gasteiger partial charge in [-0.3, -0.25) is 24.6 Å². The molecular weight excluding hydrogens is 264 g/mol. The number of nitriles is 1. The number of hydrogen-bond donors (Lipinski definition) is 1. The third-order valence-corrected chi connectivity index (χ3v) is 3.04. The zero-order chi connectivity index (χ0) is 14.9. The molecule has 0 bridgehead atoms. The normalized spacial score (nSPS) is 18.0. The van der Waals surface area contributed by atoms with Crippen molar-refractivity contribution in [2.24, 2.45) is 0 Å². The van der Waals surface area contributed by atoms with Crippen molar-refractivity contribution in [2.75, 3.05) is 12.4 Å². The highest BCUT2D eigenvalue weighted by Gasteiger charge is 2.36. The molecule has 0 aliphatic carbocycles. The van der Waals surface area contributed by atoms with E-state index in [0.29, 0.717) is 5.69 Å². The summed E-state index contributed by atoms with van der Waals surface area (Å²) in [6.07, 6.45) is 0.00311. The van der Waals surface area contributed by atoms with Gasteiger partial charge in [0.15, 0.2) is 0 Å². The lowest BCUT2D eigenvalue weighted by Crippen LogP contribution is -2.31. The van der Waals surface area contributed by atoms with Crippen molar-refractivity contribution in [3.63, 3.8) is 0 Å². The van der Waals surface area contributed by atoms with Crippen molar-refractivity contribution >= 4 is 23.2 Å². The number of carbonyl (C=O) groups is 2. The smallest absolute Gasteiger partial charge is 0.289 e. The number of anilines is 1. The maximum absolute atomic E-state index is 11.7. The van der Waals surface area contributed by atoms with Gasteiger partial charge in [0, 0.05) is 18.8 Å². The summed E-state index contributed by atoms with van der Waals surface area (Å²) in [6.45, 7) is 0. The number of nitro groups is 1. The number of nitrogens with one attached hydrogen (secondary N) is 1. The number of carbonyl (C=O) groups excluding carboxylic acids is 2. The molecule has 102 valence electrons. The van der Waals surface area contributed by atoms with E-state index in [0.717, 1.165) is 4.90 Å². The van der Waals surface area contributed by atoms with Gasteiger partial charge in [0.2, 0.25) is 5.91 Å². The summed E-state index contributed by atoms with van der Waals surface area (Å²) in [5, 5.41) is 22.4. The Kier molecular flexibility index (Phi) is 3.35. The first kappa shape index (κ1) is 13.5. The number of hydrogen-bond acceptors (Lipinski definition) is 6. The van der Waals surface area contributed by atoms with Crippen molar-refractivity contribution in [3.05, 3.63) is 33.9 Å². The Labute approximate surface area is 113 Å². The molecular formula is C12H10N4O4. The number of nitrogens with zero attached hydrogens (tertiary/aromatic N) is 3. The van der Waals surface area contributed by atoms with Crippen LogP contribution in [0.3, 0.4) is 0 Å². The molecule has 8 heteroatoms. The second-order valence-electron chi connectivity index (χ2n) is 4.29. The van der Waals surface area contributed by atoms with E-state index in [-0.39, 0.29) is 29.5 Å². The van der Waals surface area contributed by atoms with Crippen molar-refractivity contribution in [1.82, 2.24) is 4.90 Å². The van der Waals surface area contributed by atoms with Crippen LogP contribution in [0.15, 0.2) is 18.2 Å². The van der Waals surface area contributed by atoms with Gasteiger partial charge < -0.3 is 5.32 Å². The number of rotatable bonds is 3. The average Bonchev–Trinajstić information content (AvgIpc) is 2.66. The van der Waals surface area contributed by atoms with Crippen molar-refractivity contribution in [1.29, 1.82) is 5.26 Å². The molecule has 0 radical (unpaired) electrons. The van der Waals surface area contributed by atoms with Crippen LogP contribution in [0.5, 0.6) is 0 Å². The van der Waals surface area contributed by atoms with E-state index in [2.05, 4.69) is 5.32 Å². The van der Waals surface area contributed by atoms with Gasteiger partial charge in [0.1, 0.15) is 17.7 Å². The summed E-state index contributed by atoms with van der Waals surface area (Å²) in [6, 6.07) is 4.92. The molecule has 0 spiro atoms. The zero-order valence-electron chi connectivity index (χ0n) is 10.5. The van der Waals surface area contributed by atoms with Crippen LogP contribution in [-0.4, -0.2) is 34.7 Å². The predicted molar refractivity (Wildman–Crippen MR) is 67.6 cm³/mol. The quantitative estimate of drug-likeness (QED) is 0.491. The van der Waals surface area contributed by atoms with Crippen LogP contribution in [0.25, 0.3) is 0 Å². The second-order valence-corrected chi connectivity index (χ2v) is 4.29. The van der Waals surface area contributed by atoms with E-state index >= 15 is 0 Å². The van der Waals surface area contributed by atoms with Gasteiger partial charge in [0.05, 0.1) is 11.3 Å². The van der Waals surface area contributed by atoms with Crippen LogP contribution in [0.2, 0.25) is 0 Å². The van der Waals surface area contributed by atoms with E-state index in [9.17, 15) is 19.7 Å². The summed E-state index contributed by atoms with van der Waals surface area (Å²) in [7, 11) is 1.38. The predicted octanol–water partition coefficient (Wildman–Crippen LogP) is 0.636. The summed E-state index contributed by atoms with van der Waals surface area (Å²) < 4.78 is 0. The first-order valence-corrected chi connectivity index (χ1v) is 5.69. The van der Waals surface area contributed by atoms with Gasteiger partial charge in [0.25, 0.3) is 11.6 Å². The number of likely N-dealkylation sites (N-methyl/N-ethyl adjacent to an activating group) is 1. The lowest BCUT2D eigenvalue weighted by Gasteiger charge is -2.12. The first-order chi connectivity index (χ1) is 9.43. The molecule has 2 rings (SSSR count). The molecule has 1 aromatic carbocycles. The maximum Gasteiger partial charge on any atom is 0.289 e. The minimum absolute atomic E-state index is 0.00311. The highest BCUT2D eigenvalue weighted by Crippen LogP contribution is 2.24. The molecule has 1 aromatic rings. The molecule has 1 N–H and O–H groups in total. The van der Waals surface area contributed by atoms with Crippen LogP contribution >= 0.6 is 0 Å². The molecule has 1 saturated heterocycles. The Bertz CT molecular complexity index is 649. The molecule has 20 heavy (non-hydrogen) atoms. The molecule has 1 fully saturated rings. The summed E-state index contributed by atoms with van der Waals surface area (Å²) in [5.41, 5.74) is -0.0914. The molecule has 1 aliphatic heterocycles. The highest BCUT2D eigenvalue weighted by molar-refractivity contribution is 6.06. The SMILES string of the molecule is CN1C(=O)CC(Nc2ccc(C#N)c([N+](=O)[O-])c2)C1=O. The van der Waals surface area contributed by atoms with Gasteiger partial charge in [-0.05, 0) is 12.1 Å². The van der Waals surface area contributed by atoms with Crippen LogP contribution < -0.4 is 5.32 Å². The van der Waals surface area contributed by atoms with Crippen LogP contribution in [0, 0.1) is 21.4 Å². The molecule has 1 atom stereocenters. The standard InChI is InChI=1S/C12H10N4O4/c1-15-11(17)5-9(12(15)18)14-8-3-2-7(6-13)10(4-8)16(19)20/h2-4,9,14H,5H2,1H3. The van der Waals surface area contributed by atoms with Gasteiger partial charge in [-0.15, -0.1) is 0 Å². The van der Waals surface area contributed by atoms with E-state index < -0.39 is 11.0 Å². The van der Waals surface area contributed by atoms with Gasteiger partial charge in [-0.25, -0.2) is 0 Å². The van der Waals surface area contributed by atoms with Crippen molar-refractivity contribution in [3.8, 4) is 6.07 Å². The van der Waals surface area contributed by atoms with E-state index in [1.807, 2.05) is 0 Å². The van der Waals surface area contributed by atoms with Gasteiger partial charge >= 0.3 is 0 Å². The van der Waals surface area contributed by atoms with Gasteiger partial charge in [-0.2, -0.15) is 5.26 Å². The Morgan fingerprint density at radius 1 is 1.50 bits per heavy atom. The molecule has 0 saturated carbocycles. The first-order valence-electron chi connectivity index (χ1n) is 5.69. The number of nitro benzene ring substituents is 1. The number of amides is 2. The highest BCUT2D eigenvalue weighted by atomic mass is 16.6. The largest absolute Gasteiger partial charge is 0.373 e. The third-order valence-electron chi connectivity index (χ3n) is 3.04. The molecule has 2 amide bonds. The summed E-state index contributed by atoms with van der Waals surface area (Å²) in [4.78, 5) is 34.3. The Morgan fingerprint density at radius 3 is 2.70 bits per heavy atom. The fraction of sp³-hybridized carbons (Fsp3) is 0.250. The minimum atomic E-state index is -0.736. The monoisotopic (exact) mass is 274 g/mol. The maximum atomic E-state index is 11.7. The average molecular weight is 274 g/mol. The Morgan fingerprint density at radius 2 is 2.20 bits per heavy atom. The fourth-order valence-corrected chi connectivity index (χ4v) is 1.94. The lowest BCUT2D eigenvalue weighted by atomic mass is 10.1. The van der Waals surface area contributed by atoms with Crippen LogP contribution in [0.4, 0.5) is 11.4 Å². The molecule has 0 aromatic heterocycles. The lowest BCUT2D eigenvalue weighted by molar-refractivity contribution is -0.385. The molecule has 1 aliphatic rings. The molecule has 8 nitrogen and oxygen atoms in total. The number of benzene rings is 1. The summed E-state index contributed by atoms with van der Waals surface area (Å²) in [5.74, 6) is -0.697. The molecule has 1 heterocycles. The van der Waals surface area contributed by atoms with Gasteiger partial charge in [-0.1, -0.05) is 0 Å². The Hall–Kier alpha value is -2.95. The second kappa shape index (κ2) is 4.97. The van der Waals surface area contributed by atoms with E-state index in [1.165, 1.54) is 25.2 Å². The van der Waals surface area contributed by atoms with E-state index in [4.69, 9.17) is 5.26 Å². The zero-order valence-corrected chi connectivity index (χ0v) is 10.5. The minimum Gasteiger partial charge on any atom is -0.373 e. The fourth-order valence-electron chi connectivity index (χ4n) is 1.94. The molecule has 1 unspecified atom stereocenters. The van der Waals surface area contributed by atoms with Crippen LogP contribution in [0.1, 0.15) is 12.0 Å². The van der Waals surface area contributed by atoms with E-state index in [1.54, 1.807) is 6.07 Å². The third kappa shape index (κ3) is 2.29. The van der Waals surface area contributed by atoms with Crippen molar-refractivity contribution < 1.29 is 14.5 Å². The topological polar surface area (TPSA) is 116 Å². The van der Waals surface area contributed by atoms with Crippen molar-refractivity contribution in [2.45, 2.75) is 12.5 Å². The Balaban J connectivity index is 2.25. The van der Waals surface area contributed by atoms with Crippen LogP contribution in [-0.2, 0) is 9.59 Å². The number of imide groups is 1.